The molecule has 2 aromatic rings. The molecule has 2 aliphatic heterocycles. The van der Waals surface area contributed by atoms with Crippen molar-refractivity contribution in [2.24, 2.45) is 0 Å². The fourth-order valence-electron chi connectivity index (χ4n) is 3.60. The van der Waals surface area contributed by atoms with E-state index in [1.54, 1.807) is 12.4 Å². The van der Waals surface area contributed by atoms with E-state index in [9.17, 15) is 8.42 Å². The zero-order valence-electron chi connectivity index (χ0n) is 14.8. The maximum atomic E-state index is 11.8. The highest BCUT2D eigenvalue weighted by Gasteiger charge is 2.32. The van der Waals surface area contributed by atoms with E-state index in [0.29, 0.717) is 18.8 Å². The van der Waals surface area contributed by atoms with Gasteiger partial charge in [0.15, 0.2) is 9.84 Å². The summed E-state index contributed by atoms with van der Waals surface area (Å²) >= 11 is 0. The fraction of sp³-hybridized carbons (Fsp3) is 0.625. The van der Waals surface area contributed by atoms with Crippen LogP contribution >= 0.6 is 0 Å². The van der Waals surface area contributed by atoms with Gasteiger partial charge in [0.25, 0.3) is 0 Å². The minimum Gasteiger partial charge on any atom is -0.338 e. The largest absolute Gasteiger partial charge is 0.338 e. The van der Waals surface area contributed by atoms with Crippen LogP contribution in [0.3, 0.4) is 0 Å². The molecule has 4 heterocycles. The lowest BCUT2D eigenvalue weighted by Crippen LogP contribution is -2.46. The molecule has 2 aromatic heterocycles. The molecule has 10 heteroatoms. The molecule has 4 rings (SSSR count). The van der Waals surface area contributed by atoms with Gasteiger partial charge in [0.1, 0.15) is 11.6 Å². The van der Waals surface area contributed by atoms with E-state index in [2.05, 4.69) is 29.9 Å². The highest BCUT2D eigenvalue weighted by Crippen LogP contribution is 2.24. The minimum atomic E-state index is -2.94. The number of piperazine rings is 1. The number of aryl methyl sites for hydroxylation is 1. The van der Waals surface area contributed by atoms with Crippen LogP contribution in [-0.4, -0.2) is 75.7 Å². The smallest absolute Gasteiger partial charge is 0.225 e. The Morgan fingerprint density at radius 3 is 2.54 bits per heavy atom. The van der Waals surface area contributed by atoms with Crippen LogP contribution in [0, 0.1) is 6.92 Å². The van der Waals surface area contributed by atoms with E-state index in [0.717, 1.165) is 38.0 Å². The van der Waals surface area contributed by atoms with Gasteiger partial charge in [-0.2, -0.15) is 5.10 Å². The zero-order valence-corrected chi connectivity index (χ0v) is 15.6. The Bertz CT molecular complexity index is 860. The molecule has 0 spiro atoms. The Morgan fingerprint density at radius 1 is 1.15 bits per heavy atom. The molecule has 26 heavy (non-hydrogen) atoms. The first kappa shape index (κ1) is 17.3. The van der Waals surface area contributed by atoms with Gasteiger partial charge in [-0.1, -0.05) is 0 Å². The predicted molar refractivity (Wildman–Crippen MR) is 96.6 cm³/mol. The normalized spacial score (nSPS) is 23.4. The summed E-state index contributed by atoms with van der Waals surface area (Å²) in [5.41, 5.74) is 0. The number of nitrogens with zero attached hydrogens (tertiary/aromatic N) is 7. The van der Waals surface area contributed by atoms with Gasteiger partial charge in [-0.3, -0.25) is 4.90 Å². The average Bonchev–Trinajstić information content (AvgIpc) is 3.18. The molecule has 0 saturated carbocycles. The van der Waals surface area contributed by atoms with Crippen LogP contribution in [0.25, 0.3) is 0 Å². The van der Waals surface area contributed by atoms with E-state index < -0.39 is 9.84 Å². The molecule has 1 atom stereocenters. The van der Waals surface area contributed by atoms with Crippen molar-refractivity contribution in [1.29, 1.82) is 0 Å². The van der Waals surface area contributed by atoms with Crippen LogP contribution < -0.4 is 4.90 Å². The van der Waals surface area contributed by atoms with Gasteiger partial charge in [-0.15, -0.1) is 0 Å². The van der Waals surface area contributed by atoms with Gasteiger partial charge in [0.05, 0.1) is 24.1 Å². The summed E-state index contributed by atoms with van der Waals surface area (Å²) in [7, 11) is -2.94. The maximum Gasteiger partial charge on any atom is 0.225 e. The molecular weight excluding hydrogens is 354 g/mol. The van der Waals surface area contributed by atoms with Crippen LogP contribution in [0.4, 0.5) is 5.95 Å². The molecule has 0 N–H and O–H groups in total. The highest BCUT2D eigenvalue weighted by molar-refractivity contribution is 7.91. The number of aromatic nitrogens is 5. The van der Waals surface area contributed by atoms with Gasteiger partial charge in [-0.25, -0.2) is 28.1 Å². The van der Waals surface area contributed by atoms with Gasteiger partial charge in [0, 0.05) is 38.6 Å². The number of hydrogen-bond acceptors (Lipinski definition) is 8. The molecule has 0 radical (unpaired) electrons. The number of rotatable bonds is 4. The first-order valence-corrected chi connectivity index (χ1v) is 10.7. The number of anilines is 1. The summed E-state index contributed by atoms with van der Waals surface area (Å²) in [6, 6.07) is 1.73. The van der Waals surface area contributed by atoms with Gasteiger partial charge < -0.3 is 4.90 Å². The standard InChI is InChI=1S/C16H23N7O2S/c1-13-19-15(23(20-13)14-3-10-26(24,25)12-14)11-21-6-8-22(9-7-21)16-17-4-2-5-18-16/h2,4-5,14H,3,6-12H2,1H3. The Hall–Kier alpha value is -2.07. The van der Waals surface area contributed by atoms with E-state index >= 15 is 0 Å². The van der Waals surface area contributed by atoms with Crippen LogP contribution in [0.5, 0.6) is 0 Å². The third-order valence-electron chi connectivity index (χ3n) is 4.93. The predicted octanol–water partition coefficient (Wildman–Crippen LogP) is 0.0583. The highest BCUT2D eigenvalue weighted by atomic mass is 32.2. The lowest BCUT2D eigenvalue weighted by Gasteiger charge is -2.34. The second-order valence-corrected chi connectivity index (χ2v) is 9.12. The van der Waals surface area contributed by atoms with Crippen molar-refractivity contribution in [2.75, 3.05) is 42.6 Å². The monoisotopic (exact) mass is 377 g/mol. The molecule has 0 bridgehead atoms. The first-order valence-electron chi connectivity index (χ1n) is 8.87. The van der Waals surface area contributed by atoms with Crippen LogP contribution in [-0.2, 0) is 16.4 Å². The molecule has 2 saturated heterocycles. The molecule has 0 aromatic carbocycles. The second-order valence-electron chi connectivity index (χ2n) is 6.89. The lowest BCUT2D eigenvalue weighted by molar-refractivity contribution is 0.236. The summed E-state index contributed by atoms with van der Waals surface area (Å²) in [5.74, 6) is 2.73. The molecule has 1 unspecified atom stereocenters. The van der Waals surface area contributed by atoms with Crippen molar-refractivity contribution >= 4 is 15.8 Å². The van der Waals surface area contributed by atoms with Crippen molar-refractivity contribution in [3.05, 3.63) is 30.1 Å². The minimum absolute atomic E-state index is 0.0878. The van der Waals surface area contributed by atoms with Crippen molar-refractivity contribution in [2.45, 2.75) is 25.9 Å². The summed E-state index contributed by atoms with van der Waals surface area (Å²) < 4.78 is 25.4. The van der Waals surface area contributed by atoms with Gasteiger partial charge in [0.2, 0.25) is 5.95 Å². The third-order valence-corrected chi connectivity index (χ3v) is 6.68. The topological polar surface area (TPSA) is 97.1 Å². The number of sulfone groups is 1. The Labute approximate surface area is 153 Å². The molecule has 140 valence electrons. The Balaban J connectivity index is 1.41. The molecule has 0 amide bonds. The molecule has 9 nitrogen and oxygen atoms in total. The summed E-state index contributed by atoms with van der Waals surface area (Å²) in [5, 5.41) is 4.47. The van der Waals surface area contributed by atoms with Gasteiger partial charge in [-0.05, 0) is 19.4 Å². The van der Waals surface area contributed by atoms with E-state index in [1.807, 2.05) is 17.7 Å². The third kappa shape index (κ3) is 3.70. The van der Waals surface area contributed by atoms with Crippen molar-refractivity contribution in [1.82, 2.24) is 29.6 Å². The molecule has 0 aliphatic carbocycles. The summed E-state index contributed by atoms with van der Waals surface area (Å²) in [4.78, 5) is 17.7. The fourth-order valence-corrected chi connectivity index (χ4v) is 5.29. The zero-order chi connectivity index (χ0) is 18.1. The maximum absolute atomic E-state index is 11.8. The van der Waals surface area contributed by atoms with E-state index in [-0.39, 0.29) is 17.5 Å². The van der Waals surface area contributed by atoms with Crippen molar-refractivity contribution in [3.8, 4) is 0 Å². The van der Waals surface area contributed by atoms with E-state index in [1.165, 1.54) is 0 Å². The molecular formula is C16H23N7O2S. The van der Waals surface area contributed by atoms with Crippen molar-refractivity contribution < 1.29 is 8.42 Å². The van der Waals surface area contributed by atoms with Crippen LogP contribution in [0.2, 0.25) is 0 Å². The van der Waals surface area contributed by atoms with Crippen LogP contribution in [0.15, 0.2) is 18.5 Å². The summed E-state index contributed by atoms with van der Waals surface area (Å²) in [6.07, 6.45) is 4.14. The van der Waals surface area contributed by atoms with E-state index in [4.69, 9.17) is 0 Å². The molecule has 2 fully saturated rings. The lowest BCUT2D eigenvalue weighted by atomic mass is 10.2. The number of hydrogen-bond donors (Lipinski definition) is 0. The summed E-state index contributed by atoms with van der Waals surface area (Å²) in [6.45, 7) is 6.01. The van der Waals surface area contributed by atoms with Crippen molar-refractivity contribution in [3.63, 3.8) is 0 Å². The Kier molecular flexibility index (Phi) is 4.62. The average molecular weight is 377 g/mol. The SMILES string of the molecule is Cc1nc(CN2CCN(c3ncccn3)CC2)n(C2CCS(=O)(=O)C2)n1. The Morgan fingerprint density at radius 2 is 1.88 bits per heavy atom. The first-order chi connectivity index (χ1) is 12.5. The quantitative estimate of drug-likeness (QED) is 0.738. The molecule has 2 aliphatic rings. The van der Waals surface area contributed by atoms with Crippen LogP contribution in [0.1, 0.15) is 24.1 Å². The second kappa shape index (κ2) is 6.92. The van der Waals surface area contributed by atoms with Gasteiger partial charge >= 0.3 is 0 Å².